The van der Waals surface area contributed by atoms with Gasteiger partial charge in [0.1, 0.15) is 5.82 Å². The molecule has 0 aromatic carbocycles. The van der Waals surface area contributed by atoms with Crippen LogP contribution >= 0.6 is 15.9 Å². The molecule has 3 rings (SSSR count). The molecule has 5 nitrogen and oxygen atoms in total. The van der Waals surface area contributed by atoms with Crippen molar-refractivity contribution in [3.05, 3.63) is 51.9 Å². The van der Waals surface area contributed by atoms with E-state index in [0.717, 1.165) is 34.5 Å². The molecule has 0 N–H and O–H groups in total. The summed E-state index contributed by atoms with van der Waals surface area (Å²) in [5.74, 6) is 1.03. The number of nitrogens with zero attached hydrogens (tertiary/aromatic N) is 4. The summed E-state index contributed by atoms with van der Waals surface area (Å²) >= 11 is 3.44. The number of rotatable bonds is 2. The van der Waals surface area contributed by atoms with Crippen LogP contribution in [0.3, 0.4) is 0 Å². The van der Waals surface area contributed by atoms with E-state index < -0.39 is 0 Å². The van der Waals surface area contributed by atoms with Gasteiger partial charge in [0.15, 0.2) is 0 Å². The molecular formula is C17H18BrN4O. The van der Waals surface area contributed by atoms with Gasteiger partial charge in [-0.25, -0.2) is 4.98 Å². The van der Waals surface area contributed by atoms with Crippen molar-refractivity contribution in [1.29, 1.82) is 0 Å². The summed E-state index contributed by atoms with van der Waals surface area (Å²) in [6.45, 7) is 6.89. The Morgan fingerprint density at radius 2 is 1.91 bits per heavy atom. The summed E-state index contributed by atoms with van der Waals surface area (Å²) in [6.07, 6.45) is 6.23. The highest BCUT2D eigenvalue weighted by molar-refractivity contribution is 9.10. The Kier molecular flexibility index (Phi) is 4.61. The molecule has 0 bridgehead atoms. The van der Waals surface area contributed by atoms with Crippen molar-refractivity contribution in [3.8, 4) is 0 Å². The number of halogens is 1. The van der Waals surface area contributed by atoms with Crippen LogP contribution in [0, 0.1) is 20.0 Å². The van der Waals surface area contributed by atoms with Crippen LogP contribution in [0.15, 0.2) is 29.0 Å². The van der Waals surface area contributed by atoms with Gasteiger partial charge in [-0.1, -0.05) is 0 Å². The van der Waals surface area contributed by atoms with Crippen LogP contribution in [0.5, 0.6) is 0 Å². The van der Waals surface area contributed by atoms with Crippen molar-refractivity contribution >= 4 is 27.7 Å². The van der Waals surface area contributed by atoms with E-state index in [1.165, 1.54) is 0 Å². The lowest BCUT2D eigenvalue weighted by atomic mass is 10.2. The average molecular weight is 374 g/mol. The highest BCUT2D eigenvalue weighted by Crippen LogP contribution is 2.22. The zero-order valence-electron chi connectivity index (χ0n) is 13.2. The van der Waals surface area contributed by atoms with Crippen molar-refractivity contribution in [2.45, 2.75) is 13.8 Å². The fourth-order valence-corrected chi connectivity index (χ4v) is 3.24. The Morgan fingerprint density at radius 3 is 2.57 bits per heavy atom. The molecule has 119 valence electrons. The van der Waals surface area contributed by atoms with Gasteiger partial charge in [-0.2, -0.15) is 0 Å². The molecule has 2 aromatic rings. The Bertz CT molecular complexity index is 726. The van der Waals surface area contributed by atoms with Crippen LogP contribution in [0.1, 0.15) is 21.5 Å². The smallest absolute Gasteiger partial charge is 0.255 e. The quantitative estimate of drug-likeness (QED) is 0.811. The summed E-state index contributed by atoms with van der Waals surface area (Å²) in [6, 6.07) is 3.90. The predicted molar refractivity (Wildman–Crippen MR) is 92.6 cm³/mol. The molecule has 0 spiro atoms. The summed E-state index contributed by atoms with van der Waals surface area (Å²) in [4.78, 5) is 25.1. The number of hydrogen-bond donors (Lipinski definition) is 0. The SMILES string of the molecule is Cc1[c]ncc(C(=O)N2CCN(c3ncc(Br)cc3C)CC2)c1. The topological polar surface area (TPSA) is 49.3 Å². The summed E-state index contributed by atoms with van der Waals surface area (Å²) < 4.78 is 0.983. The number of pyridine rings is 2. The van der Waals surface area contributed by atoms with Gasteiger partial charge in [-0.05, 0) is 53.0 Å². The highest BCUT2D eigenvalue weighted by atomic mass is 79.9. The molecule has 1 fully saturated rings. The van der Waals surface area contributed by atoms with Crippen molar-refractivity contribution in [3.63, 3.8) is 0 Å². The molecule has 0 atom stereocenters. The Hall–Kier alpha value is -1.95. The van der Waals surface area contributed by atoms with E-state index in [0.29, 0.717) is 18.7 Å². The maximum absolute atomic E-state index is 12.5. The van der Waals surface area contributed by atoms with Crippen LogP contribution < -0.4 is 4.90 Å². The minimum absolute atomic E-state index is 0.0368. The molecule has 0 saturated carbocycles. The van der Waals surface area contributed by atoms with Crippen LogP contribution in [0.25, 0.3) is 0 Å². The van der Waals surface area contributed by atoms with Gasteiger partial charge in [0.25, 0.3) is 5.91 Å². The number of aryl methyl sites for hydroxylation is 2. The van der Waals surface area contributed by atoms with Crippen molar-refractivity contribution in [1.82, 2.24) is 14.9 Å². The van der Waals surface area contributed by atoms with Gasteiger partial charge in [0.2, 0.25) is 0 Å². The average Bonchev–Trinajstić information content (AvgIpc) is 2.54. The van der Waals surface area contributed by atoms with Gasteiger partial charge in [0.05, 0.1) is 11.8 Å². The number of amides is 1. The van der Waals surface area contributed by atoms with E-state index in [1.54, 1.807) is 6.20 Å². The minimum Gasteiger partial charge on any atom is -0.353 e. The normalized spacial score (nSPS) is 14.9. The van der Waals surface area contributed by atoms with E-state index in [2.05, 4.69) is 50.0 Å². The number of carbonyl (C=O) groups is 1. The predicted octanol–water partition coefficient (Wildman–Crippen LogP) is 2.62. The van der Waals surface area contributed by atoms with E-state index in [1.807, 2.05) is 24.1 Å². The molecule has 0 aliphatic carbocycles. The Labute approximate surface area is 144 Å². The van der Waals surface area contributed by atoms with Crippen LogP contribution in [0.4, 0.5) is 5.82 Å². The van der Waals surface area contributed by atoms with Crippen LogP contribution in [-0.4, -0.2) is 47.0 Å². The number of piperazine rings is 1. The summed E-state index contributed by atoms with van der Waals surface area (Å²) in [5, 5.41) is 0. The van der Waals surface area contributed by atoms with E-state index >= 15 is 0 Å². The van der Waals surface area contributed by atoms with E-state index in [9.17, 15) is 4.79 Å². The Balaban J connectivity index is 1.67. The zero-order chi connectivity index (χ0) is 16.4. The first-order valence-electron chi connectivity index (χ1n) is 7.55. The standard InChI is InChI=1S/C17H18BrN4O/c1-12-7-14(10-19-9-12)17(23)22-5-3-21(4-6-22)16-13(2)8-15(18)11-20-16/h7-8,10-11H,3-6H2,1-2H3. The first-order valence-corrected chi connectivity index (χ1v) is 8.34. The highest BCUT2D eigenvalue weighted by Gasteiger charge is 2.23. The largest absolute Gasteiger partial charge is 0.353 e. The number of aromatic nitrogens is 2. The maximum atomic E-state index is 12.5. The third-order valence-corrected chi connectivity index (χ3v) is 4.38. The van der Waals surface area contributed by atoms with Crippen molar-refractivity contribution < 1.29 is 4.79 Å². The fourth-order valence-electron chi connectivity index (χ4n) is 2.79. The molecular weight excluding hydrogens is 356 g/mol. The second-order valence-electron chi connectivity index (χ2n) is 5.73. The van der Waals surface area contributed by atoms with Gasteiger partial charge >= 0.3 is 0 Å². The lowest BCUT2D eigenvalue weighted by Gasteiger charge is -2.36. The third-order valence-electron chi connectivity index (χ3n) is 3.95. The van der Waals surface area contributed by atoms with Crippen LogP contribution in [0.2, 0.25) is 0 Å². The van der Waals surface area contributed by atoms with Gasteiger partial charge in [-0.3, -0.25) is 9.78 Å². The monoisotopic (exact) mass is 373 g/mol. The summed E-state index contributed by atoms with van der Waals surface area (Å²) in [5.41, 5.74) is 2.65. The summed E-state index contributed by atoms with van der Waals surface area (Å²) in [7, 11) is 0. The first kappa shape index (κ1) is 15.9. The maximum Gasteiger partial charge on any atom is 0.255 e. The zero-order valence-corrected chi connectivity index (χ0v) is 14.8. The molecule has 1 radical (unpaired) electrons. The molecule has 1 saturated heterocycles. The lowest BCUT2D eigenvalue weighted by molar-refractivity contribution is 0.0746. The second kappa shape index (κ2) is 6.66. The molecule has 1 aliphatic rings. The number of carbonyl (C=O) groups excluding carboxylic acids is 1. The Morgan fingerprint density at radius 1 is 1.17 bits per heavy atom. The third kappa shape index (κ3) is 3.52. The molecule has 1 aliphatic heterocycles. The second-order valence-corrected chi connectivity index (χ2v) is 6.64. The van der Waals surface area contributed by atoms with E-state index in [4.69, 9.17) is 0 Å². The van der Waals surface area contributed by atoms with Crippen molar-refractivity contribution in [2.24, 2.45) is 0 Å². The number of hydrogen-bond acceptors (Lipinski definition) is 4. The molecule has 1 amide bonds. The van der Waals surface area contributed by atoms with Crippen LogP contribution in [-0.2, 0) is 0 Å². The van der Waals surface area contributed by atoms with Crippen molar-refractivity contribution in [2.75, 3.05) is 31.1 Å². The lowest BCUT2D eigenvalue weighted by Crippen LogP contribution is -2.49. The van der Waals surface area contributed by atoms with Gasteiger partial charge in [-0.15, -0.1) is 0 Å². The molecule has 3 heterocycles. The van der Waals surface area contributed by atoms with Gasteiger partial charge < -0.3 is 9.80 Å². The minimum atomic E-state index is 0.0368. The molecule has 0 unspecified atom stereocenters. The van der Waals surface area contributed by atoms with E-state index in [-0.39, 0.29) is 5.91 Å². The van der Waals surface area contributed by atoms with Gasteiger partial charge in [0, 0.05) is 43.0 Å². The molecule has 23 heavy (non-hydrogen) atoms. The molecule has 2 aromatic heterocycles. The number of anilines is 1. The molecule has 6 heteroatoms. The fraction of sp³-hybridized carbons (Fsp3) is 0.353. The first-order chi connectivity index (χ1) is 11.0.